The molecule has 0 saturated heterocycles. The zero-order valence-electron chi connectivity index (χ0n) is 15.0. The third-order valence-corrected chi connectivity index (χ3v) is 5.19. The van der Waals surface area contributed by atoms with E-state index in [2.05, 4.69) is 5.32 Å². The number of hydrogen-bond acceptors (Lipinski definition) is 3. The Morgan fingerprint density at radius 3 is 2.50 bits per heavy atom. The van der Waals surface area contributed by atoms with E-state index in [0.29, 0.717) is 17.5 Å². The fraction of sp³-hybridized carbons (Fsp3) is 0.238. The molecule has 132 valence electrons. The Balaban J connectivity index is 1.91. The predicted molar refractivity (Wildman–Crippen MR) is 102 cm³/mol. The Morgan fingerprint density at radius 2 is 1.81 bits per heavy atom. The summed E-state index contributed by atoms with van der Waals surface area (Å²) in [5, 5.41) is 14.1. The van der Waals surface area contributed by atoms with Crippen molar-refractivity contribution in [3.05, 3.63) is 69.0 Å². The van der Waals surface area contributed by atoms with Crippen LogP contribution in [0.5, 0.6) is 5.75 Å². The summed E-state index contributed by atoms with van der Waals surface area (Å²) in [6.07, 6.45) is 0.716. The minimum atomic E-state index is -0.583. The number of aromatic hydroxyl groups is 1. The number of nitrogens with one attached hydrogen (secondary N) is 1. The van der Waals surface area contributed by atoms with E-state index in [0.717, 1.165) is 22.2 Å². The Labute approximate surface area is 150 Å². The van der Waals surface area contributed by atoms with Crippen molar-refractivity contribution in [1.82, 2.24) is 4.57 Å². The molecule has 3 aromatic rings. The summed E-state index contributed by atoms with van der Waals surface area (Å²) in [5.74, 6) is -0.832. The van der Waals surface area contributed by atoms with Crippen molar-refractivity contribution in [2.24, 2.45) is 0 Å². The van der Waals surface area contributed by atoms with Crippen LogP contribution in [-0.4, -0.2) is 15.6 Å². The molecule has 0 saturated carbocycles. The summed E-state index contributed by atoms with van der Waals surface area (Å²) >= 11 is 0. The van der Waals surface area contributed by atoms with Crippen LogP contribution < -0.4 is 10.9 Å². The third-order valence-electron chi connectivity index (χ3n) is 5.19. The average molecular weight is 348 g/mol. The molecule has 2 heterocycles. The Kier molecular flexibility index (Phi) is 3.61. The van der Waals surface area contributed by atoms with Crippen molar-refractivity contribution in [3.63, 3.8) is 0 Å². The highest BCUT2D eigenvalue weighted by molar-refractivity contribution is 6.10. The molecule has 1 amide bonds. The molecule has 0 radical (unpaired) electrons. The van der Waals surface area contributed by atoms with E-state index in [-0.39, 0.29) is 17.4 Å². The molecule has 0 bridgehead atoms. The number of carbonyl (C=O) groups is 1. The van der Waals surface area contributed by atoms with Crippen LogP contribution in [0.4, 0.5) is 5.69 Å². The van der Waals surface area contributed by atoms with Gasteiger partial charge in [0.25, 0.3) is 11.5 Å². The van der Waals surface area contributed by atoms with Crippen molar-refractivity contribution < 1.29 is 9.90 Å². The largest absolute Gasteiger partial charge is 0.506 e. The van der Waals surface area contributed by atoms with Gasteiger partial charge in [-0.05, 0) is 49.9 Å². The third kappa shape index (κ3) is 2.24. The molecule has 1 aliphatic heterocycles. The second-order valence-corrected chi connectivity index (χ2v) is 6.99. The maximum atomic E-state index is 13.0. The van der Waals surface area contributed by atoms with E-state index in [9.17, 15) is 14.7 Å². The molecule has 4 rings (SSSR count). The van der Waals surface area contributed by atoms with Gasteiger partial charge >= 0.3 is 0 Å². The highest BCUT2D eigenvalue weighted by Gasteiger charge is 2.29. The lowest BCUT2D eigenvalue weighted by molar-refractivity contribution is 0.102. The van der Waals surface area contributed by atoms with Gasteiger partial charge in [0.05, 0.1) is 5.52 Å². The summed E-state index contributed by atoms with van der Waals surface area (Å²) in [6.45, 7) is 5.73. The zero-order valence-corrected chi connectivity index (χ0v) is 15.0. The van der Waals surface area contributed by atoms with Crippen molar-refractivity contribution in [3.8, 4) is 5.75 Å². The first-order valence-corrected chi connectivity index (χ1v) is 8.66. The van der Waals surface area contributed by atoms with Crippen LogP contribution in [0.25, 0.3) is 10.9 Å². The minimum Gasteiger partial charge on any atom is -0.506 e. The van der Waals surface area contributed by atoms with Crippen molar-refractivity contribution in [2.75, 3.05) is 5.32 Å². The highest BCUT2D eigenvalue weighted by Crippen LogP contribution is 2.36. The van der Waals surface area contributed by atoms with Gasteiger partial charge in [0.1, 0.15) is 11.3 Å². The Bertz CT molecular complexity index is 1110. The maximum Gasteiger partial charge on any atom is 0.268 e. The van der Waals surface area contributed by atoms with E-state index in [1.807, 2.05) is 51.1 Å². The Hall–Kier alpha value is -3.08. The van der Waals surface area contributed by atoms with Crippen LogP contribution in [0, 0.1) is 13.8 Å². The second-order valence-electron chi connectivity index (χ2n) is 6.99. The minimum absolute atomic E-state index is 0.0465. The number of rotatable bonds is 2. The van der Waals surface area contributed by atoms with Gasteiger partial charge in [-0.1, -0.05) is 30.3 Å². The number of benzene rings is 2. The van der Waals surface area contributed by atoms with Gasteiger partial charge in [-0.2, -0.15) is 0 Å². The molecule has 0 aliphatic carbocycles. The van der Waals surface area contributed by atoms with E-state index >= 15 is 0 Å². The number of hydrogen-bond donors (Lipinski definition) is 2. The lowest BCUT2D eigenvalue weighted by Crippen LogP contribution is -2.30. The van der Waals surface area contributed by atoms with Gasteiger partial charge in [-0.3, -0.25) is 9.59 Å². The molecule has 0 spiro atoms. The molecule has 1 aliphatic rings. The lowest BCUT2D eigenvalue weighted by atomic mass is 10.1. The van der Waals surface area contributed by atoms with Gasteiger partial charge in [0, 0.05) is 17.1 Å². The van der Waals surface area contributed by atoms with E-state index in [1.165, 1.54) is 0 Å². The molecule has 1 aromatic heterocycles. The number of para-hydroxylation sites is 2. The number of amides is 1. The quantitative estimate of drug-likeness (QED) is 0.742. The predicted octanol–water partition coefficient (Wildman–Crippen LogP) is 3.69. The number of aryl methyl sites for hydroxylation is 2. The summed E-state index contributed by atoms with van der Waals surface area (Å²) in [7, 11) is 0. The monoisotopic (exact) mass is 348 g/mol. The van der Waals surface area contributed by atoms with Crippen LogP contribution in [0.1, 0.15) is 40.0 Å². The molecule has 2 aromatic carbocycles. The Morgan fingerprint density at radius 1 is 1.15 bits per heavy atom. The maximum absolute atomic E-state index is 13.0. The second kappa shape index (κ2) is 5.73. The SMILES string of the molecule is Cc1cccc(C)c1NC(=O)c1c(O)c2cccc3c2n(c1=O)[C@@H](C)C3. The summed E-state index contributed by atoms with van der Waals surface area (Å²) in [5.41, 5.74) is 3.56. The van der Waals surface area contributed by atoms with Gasteiger partial charge in [0.15, 0.2) is 0 Å². The van der Waals surface area contributed by atoms with Crippen molar-refractivity contribution >= 4 is 22.5 Å². The van der Waals surface area contributed by atoms with Crippen LogP contribution in [0.15, 0.2) is 41.2 Å². The number of nitrogens with zero attached hydrogens (tertiary/aromatic N) is 1. The van der Waals surface area contributed by atoms with Crippen LogP contribution in [-0.2, 0) is 6.42 Å². The first-order chi connectivity index (χ1) is 12.4. The number of anilines is 1. The molecule has 5 heteroatoms. The molecule has 0 unspecified atom stereocenters. The van der Waals surface area contributed by atoms with E-state index in [4.69, 9.17) is 0 Å². The fourth-order valence-corrected chi connectivity index (χ4v) is 3.91. The van der Waals surface area contributed by atoms with Crippen molar-refractivity contribution in [1.29, 1.82) is 0 Å². The normalized spacial score (nSPS) is 15.4. The molecule has 2 N–H and O–H groups in total. The molecular weight excluding hydrogens is 328 g/mol. The molecular formula is C21H20N2O3. The zero-order chi connectivity index (χ0) is 18.6. The molecule has 1 atom stereocenters. The van der Waals surface area contributed by atoms with Gasteiger partial charge < -0.3 is 15.0 Å². The lowest BCUT2D eigenvalue weighted by Gasteiger charge is -2.15. The smallest absolute Gasteiger partial charge is 0.268 e. The number of pyridine rings is 1. The first kappa shape index (κ1) is 16.4. The highest BCUT2D eigenvalue weighted by atomic mass is 16.3. The summed E-state index contributed by atoms with van der Waals surface area (Å²) < 4.78 is 1.63. The van der Waals surface area contributed by atoms with Crippen LogP contribution in [0.3, 0.4) is 0 Å². The van der Waals surface area contributed by atoms with Gasteiger partial charge in [-0.15, -0.1) is 0 Å². The standard InChI is InChI=1S/C21H20N2O3/c1-11-6-4-7-12(2)17(11)22-20(25)16-19(24)15-9-5-8-14-10-13(3)23(18(14)15)21(16)26/h4-9,13,24H,10H2,1-3H3,(H,22,25)/t13-/m0/s1. The van der Waals surface area contributed by atoms with Crippen LogP contribution in [0.2, 0.25) is 0 Å². The molecule has 0 fully saturated rings. The van der Waals surface area contributed by atoms with Gasteiger partial charge in [0.2, 0.25) is 0 Å². The van der Waals surface area contributed by atoms with Crippen molar-refractivity contribution in [2.45, 2.75) is 33.2 Å². The van der Waals surface area contributed by atoms with Crippen LogP contribution >= 0.6 is 0 Å². The van der Waals surface area contributed by atoms with E-state index < -0.39 is 11.5 Å². The van der Waals surface area contributed by atoms with Gasteiger partial charge in [-0.25, -0.2) is 0 Å². The molecule has 5 nitrogen and oxygen atoms in total. The van der Waals surface area contributed by atoms with E-state index in [1.54, 1.807) is 10.6 Å². The summed E-state index contributed by atoms with van der Waals surface area (Å²) in [6, 6.07) is 11.2. The average Bonchev–Trinajstić information content (AvgIpc) is 2.93. The number of carbonyl (C=O) groups excluding carboxylic acids is 1. The summed E-state index contributed by atoms with van der Waals surface area (Å²) in [4.78, 5) is 25.9. The number of aromatic nitrogens is 1. The molecule has 26 heavy (non-hydrogen) atoms. The first-order valence-electron chi connectivity index (χ1n) is 8.66. The fourth-order valence-electron chi connectivity index (χ4n) is 3.91. The topological polar surface area (TPSA) is 71.3 Å².